The highest BCUT2D eigenvalue weighted by molar-refractivity contribution is 6.01. The van der Waals surface area contributed by atoms with Crippen molar-refractivity contribution in [3.05, 3.63) is 89.5 Å². The average Bonchev–Trinajstić information content (AvgIpc) is 3.39. The number of methoxy groups -OCH3 is 1. The van der Waals surface area contributed by atoms with Crippen LogP contribution in [0.4, 0.5) is 0 Å². The Hall–Kier alpha value is -4.33. The van der Waals surface area contributed by atoms with E-state index in [0.29, 0.717) is 23.6 Å². The molecule has 4 rings (SSSR count). The molecule has 156 valence electrons. The van der Waals surface area contributed by atoms with Crippen LogP contribution in [0.2, 0.25) is 0 Å². The summed E-state index contributed by atoms with van der Waals surface area (Å²) in [5.74, 6) is -0.610. The number of hydrazone groups is 1. The molecular weight excluding hydrogens is 398 g/mol. The monoisotopic (exact) mass is 417 g/mol. The van der Waals surface area contributed by atoms with Crippen molar-refractivity contribution < 1.29 is 23.8 Å². The number of hydrogen-bond acceptors (Lipinski definition) is 5. The maximum Gasteiger partial charge on any atom is 0.371 e. The molecule has 0 spiro atoms. The first-order valence-corrected chi connectivity index (χ1v) is 9.43. The summed E-state index contributed by atoms with van der Waals surface area (Å²) in [5.41, 5.74) is 4.62. The molecule has 0 fully saturated rings. The number of nitrogens with one attached hydrogen (secondary N) is 1. The van der Waals surface area contributed by atoms with E-state index in [1.165, 1.54) is 13.2 Å². The van der Waals surface area contributed by atoms with Crippen LogP contribution in [-0.4, -0.2) is 34.9 Å². The Morgan fingerprint density at radius 1 is 1.13 bits per heavy atom. The van der Waals surface area contributed by atoms with Gasteiger partial charge in [0.2, 0.25) is 5.76 Å². The maximum absolute atomic E-state index is 12.4. The number of furan rings is 1. The van der Waals surface area contributed by atoms with Crippen LogP contribution in [0.1, 0.15) is 32.2 Å². The lowest BCUT2D eigenvalue weighted by atomic mass is 10.2. The molecule has 0 unspecified atom stereocenters. The molecule has 8 nitrogen and oxygen atoms in total. The zero-order valence-electron chi connectivity index (χ0n) is 16.6. The Kier molecular flexibility index (Phi) is 5.53. The molecule has 31 heavy (non-hydrogen) atoms. The molecule has 0 aliphatic rings. The fourth-order valence-corrected chi connectivity index (χ4v) is 3.31. The minimum absolute atomic E-state index is 0.104. The Labute approximate surface area is 177 Å². The fraction of sp³-hybridized carbons (Fsp3) is 0.0870. The van der Waals surface area contributed by atoms with Crippen molar-refractivity contribution in [2.45, 2.75) is 6.54 Å². The number of aromatic nitrogens is 1. The van der Waals surface area contributed by atoms with E-state index in [2.05, 4.69) is 10.5 Å². The van der Waals surface area contributed by atoms with Gasteiger partial charge in [0.15, 0.2) is 0 Å². The molecule has 2 aromatic heterocycles. The lowest BCUT2D eigenvalue weighted by molar-refractivity contribution is 0.0660. The van der Waals surface area contributed by atoms with Crippen LogP contribution in [0.25, 0.3) is 10.9 Å². The van der Waals surface area contributed by atoms with Gasteiger partial charge in [-0.25, -0.2) is 10.2 Å². The summed E-state index contributed by atoms with van der Waals surface area (Å²) in [7, 11) is 1.50. The highest BCUT2D eigenvalue weighted by atomic mass is 16.5. The van der Waals surface area contributed by atoms with E-state index in [1.54, 1.807) is 36.5 Å². The second kappa shape index (κ2) is 8.58. The first-order chi connectivity index (χ1) is 15.1. The molecule has 0 atom stereocenters. The van der Waals surface area contributed by atoms with E-state index in [9.17, 15) is 9.59 Å². The smallest absolute Gasteiger partial charge is 0.371 e. The maximum atomic E-state index is 12.4. The predicted octanol–water partition coefficient (Wildman–Crippen LogP) is 3.75. The molecule has 2 heterocycles. The van der Waals surface area contributed by atoms with Crippen LogP contribution in [0.3, 0.4) is 0 Å². The van der Waals surface area contributed by atoms with Gasteiger partial charge in [-0.05, 0) is 30.3 Å². The number of carboxylic acids is 1. The van der Waals surface area contributed by atoms with Gasteiger partial charge >= 0.3 is 5.97 Å². The minimum atomic E-state index is -1.11. The molecule has 0 radical (unpaired) electrons. The summed E-state index contributed by atoms with van der Waals surface area (Å²) < 4.78 is 12.5. The fourth-order valence-electron chi connectivity index (χ4n) is 3.31. The highest BCUT2D eigenvalue weighted by Gasteiger charge is 2.13. The zero-order chi connectivity index (χ0) is 21.8. The summed E-state index contributed by atoms with van der Waals surface area (Å²) in [6.45, 7) is 0.356. The van der Waals surface area contributed by atoms with E-state index in [1.807, 2.05) is 35.0 Å². The summed E-state index contributed by atoms with van der Waals surface area (Å²) in [5, 5.41) is 14.1. The number of ether oxygens (including phenoxy) is 1. The first kappa shape index (κ1) is 20.0. The minimum Gasteiger partial charge on any atom is -0.496 e. The van der Waals surface area contributed by atoms with Crippen LogP contribution in [0, 0.1) is 0 Å². The normalized spacial score (nSPS) is 11.1. The zero-order valence-corrected chi connectivity index (χ0v) is 16.6. The quantitative estimate of drug-likeness (QED) is 0.352. The Morgan fingerprint density at radius 3 is 2.68 bits per heavy atom. The number of amides is 1. The largest absolute Gasteiger partial charge is 0.496 e. The number of carboxylic acid groups (broad SMARTS) is 1. The predicted molar refractivity (Wildman–Crippen MR) is 115 cm³/mol. The Balaban J connectivity index is 1.56. The van der Waals surface area contributed by atoms with Crippen molar-refractivity contribution in [3.63, 3.8) is 0 Å². The van der Waals surface area contributed by atoms with Crippen molar-refractivity contribution in [1.82, 2.24) is 9.99 Å². The summed E-state index contributed by atoms with van der Waals surface area (Å²) in [6, 6.07) is 17.7. The highest BCUT2D eigenvalue weighted by Crippen LogP contribution is 2.22. The number of aromatic carboxylic acids is 1. The second-order valence-corrected chi connectivity index (χ2v) is 6.70. The van der Waals surface area contributed by atoms with Crippen molar-refractivity contribution in [2.75, 3.05) is 7.11 Å². The molecule has 0 aliphatic carbocycles. The first-order valence-electron chi connectivity index (χ1n) is 9.43. The number of nitrogens with zero attached hydrogens (tertiary/aromatic N) is 2. The molecule has 0 aliphatic heterocycles. The topological polar surface area (TPSA) is 106 Å². The molecule has 1 amide bonds. The molecule has 0 bridgehead atoms. The van der Waals surface area contributed by atoms with E-state index in [0.717, 1.165) is 16.5 Å². The number of carbonyl (C=O) groups excluding carboxylic acids is 1. The molecule has 0 saturated heterocycles. The third-order valence-electron chi connectivity index (χ3n) is 4.74. The number of rotatable bonds is 7. The number of fused-ring (bicyclic) bond motifs is 1. The standard InChI is InChI=1S/C23H19N3O5/c1-30-20-9-5-3-7-18(20)22(27)25-24-12-15-13-26(19-8-4-2-6-17(15)19)14-16-10-11-21(31-16)23(28)29/h2-13H,14H2,1H3,(H,25,27)(H,28,29). The van der Waals surface area contributed by atoms with Crippen LogP contribution < -0.4 is 10.2 Å². The van der Waals surface area contributed by atoms with Gasteiger partial charge in [0, 0.05) is 22.7 Å². The van der Waals surface area contributed by atoms with Gasteiger partial charge < -0.3 is 18.8 Å². The van der Waals surface area contributed by atoms with E-state index in [4.69, 9.17) is 14.3 Å². The lowest BCUT2D eigenvalue weighted by Crippen LogP contribution is -2.18. The van der Waals surface area contributed by atoms with Crippen LogP contribution in [0.5, 0.6) is 5.75 Å². The van der Waals surface area contributed by atoms with Gasteiger partial charge in [0.1, 0.15) is 11.5 Å². The van der Waals surface area contributed by atoms with Crippen molar-refractivity contribution in [3.8, 4) is 5.75 Å². The lowest BCUT2D eigenvalue weighted by Gasteiger charge is -2.05. The Morgan fingerprint density at radius 2 is 1.90 bits per heavy atom. The Bertz CT molecular complexity index is 1290. The van der Waals surface area contributed by atoms with E-state index >= 15 is 0 Å². The summed E-state index contributed by atoms with van der Waals surface area (Å²) in [6.07, 6.45) is 3.43. The average molecular weight is 417 g/mol. The second-order valence-electron chi connectivity index (χ2n) is 6.70. The van der Waals surface area contributed by atoms with Gasteiger partial charge in [-0.2, -0.15) is 5.10 Å². The van der Waals surface area contributed by atoms with Gasteiger partial charge in [-0.3, -0.25) is 4.79 Å². The van der Waals surface area contributed by atoms with Gasteiger partial charge in [-0.1, -0.05) is 30.3 Å². The number of hydrogen-bond donors (Lipinski definition) is 2. The number of carbonyl (C=O) groups is 2. The molecule has 2 N–H and O–H groups in total. The van der Waals surface area contributed by atoms with Gasteiger partial charge in [0.25, 0.3) is 5.91 Å². The molecule has 0 saturated carbocycles. The van der Waals surface area contributed by atoms with Gasteiger partial charge in [-0.15, -0.1) is 0 Å². The van der Waals surface area contributed by atoms with E-state index < -0.39 is 5.97 Å². The number of para-hydroxylation sites is 2. The molecular formula is C23H19N3O5. The van der Waals surface area contributed by atoms with Crippen LogP contribution in [0.15, 0.2) is 76.4 Å². The van der Waals surface area contributed by atoms with Crippen molar-refractivity contribution >= 4 is 29.0 Å². The third-order valence-corrected chi connectivity index (χ3v) is 4.74. The molecule has 8 heteroatoms. The molecule has 4 aromatic rings. The number of benzene rings is 2. The third kappa shape index (κ3) is 4.18. The molecule has 2 aromatic carbocycles. The van der Waals surface area contributed by atoms with Crippen LogP contribution >= 0.6 is 0 Å². The SMILES string of the molecule is COc1ccccc1C(=O)NN=Cc1cn(Cc2ccc(C(=O)O)o2)c2ccccc12. The van der Waals surface area contributed by atoms with Crippen molar-refractivity contribution in [1.29, 1.82) is 0 Å². The summed E-state index contributed by atoms with van der Waals surface area (Å²) in [4.78, 5) is 23.5. The van der Waals surface area contributed by atoms with E-state index in [-0.39, 0.29) is 11.7 Å². The van der Waals surface area contributed by atoms with Crippen LogP contribution in [-0.2, 0) is 6.54 Å². The summed E-state index contributed by atoms with van der Waals surface area (Å²) >= 11 is 0. The van der Waals surface area contributed by atoms with Crippen molar-refractivity contribution in [2.24, 2.45) is 5.10 Å². The van der Waals surface area contributed by atoms with Gasteiger partial charge in [0.05, 0.1) is 25.4 Å².